The van der Waals surface area contributed by atoms with Gasteiger partial charge in [0.1, 0.15) is 17.6 Å². The van der Waals surface area contributed by atoms with Crippen molar-refractivity contribution >= 4 is 44.8 Å². The molecule has 0 aliphatic carbocycles. The third-order valence-corrected chi connectivity index (χ3v) is 7.68. The molecular formula is C27H26ClF2N5O3S. The molecule has 0 unspecified atom stereocenters. The van der Waals surface area contributed by atoms with Gasteiger partial charge in [0.05, 0.1) is 16.6 Å². The zero-order valence-corrected chi connectivity index (χ0v) is 22.6. The molecule has 204 valence electrons. The van der Waals surface area contributed by atoms with Crippen molar-refractivity contribution in [1.29, 1.82) is 0 Å². The largest absolute Gasteiger partial charge is 0.368 e. The molecule has 12 heteroatoms. The van der Waals surface area contributed by atoms with Crippen LogP contribution in [0, 0.1) is 17.6 Å². The molecule has 0 spiro atoms. The van der Waals surface area contributed by atoms with E-state index in [0.717, 1.165) is 17.7 Å². The lowest BCUT2D eigenvalue weighted by atomic mass is 10.0. The number of primary amides is 1. The summed E-state index contributed by atoms with van der Waals surface area (Å²) in [5.74, 6) is -2.94. The van der Waals surface area contributed by atoms with Gasteiger partial charge in [-0.3, -0.25) is 19.5 Å². The quantitative estimate of drug-likeness (QED) is 0.297. The number of nitrogens with two attached hydrogens (primary N) is 1. The van der Waals surface area contributed by atoms with E-state index in [0.29, 0.717) is 5.02 Å². The van der Waals surface area contributed by atoms with E-state index in [1.165, 1.54) is 35.3 Å². The molecule has 3 aromatic rings. The fourth-order valence-corrected chi connectivity index (χ4v) is 5.28. The molecule has 0 radical (unpaired) electrons. The van der Waals surface area contributed by atoms with Gasteiger partial charge in [-0.1, -0.05) is 55.8 Å². The van der Waals surface area contributed by atoms with Crippen molar-refractivity contribution < 1.29 is 22.0 Å². The molecule has 0 bridgehead atoms. The second-order valence-electron chi connectivity index (χ2n) is 9.25. The second kappa shape index (κ2) is 11.5. The predicted molar refractivity (Wildman–Crippen MR) is 147 cm³/mol. The number of carbonyl (C=O) groups is 1. The molecule has 1 heterocycles. The number of carbonyl (C=O) groups excluding carboxylic acids is 1. The number of halogens is 3. The van der Waals surface area contributed by atoms with Gasteiger partial charge >= 0.3 is 0 Å². The lowest BCUT2D eigenvalue weighted by Gasteiger charge is -2.24. The van der Waals surface area contributed by atoms with Crippen LogP contribution in [0.4, 0.5) is 14.5 Å². The van der Waals surface area contributed by atoms with Crippen LogP contribution in [0.3, 0.4) is 0 Å². The highest BCUT2D eigenvalue weighted by Crippen LogP contribution is 2.37. The first-order chi connectivity index (χ1) is 18.5. The van der Waals surface area contributed by atoms with Crippen LogP contribution in [0.2, 0.25) is 5.02 Å². The molecule has 1 aliphatic heterocycles. The minimum atomic E-state index is -4.20. The Kier molecular flexibility index (Phi) is 8.31. The fourth-order valence-electron chi connectivity index (χ4n) is 4.12. The maximum absolute atomic E-state index is 14.9. The number of hydrogen-bond donors (Lipinski definition) is 2. The molecule has 2 atom stereocenters. The Balaban J connectivity index is 1.84. The Bertz CT molecular complexity index is 1530. The minimum absolute atomic E-state index is 0.0181. The molecule has 0 saturated carbocycles. The van der Waals surface area contributed by atoms with Gasteiger partial charge in [0.15, 0.2) is 11.7 Å². The summed E-state index contributed by atoms with van der Waals surface area (Å²) in [5.41, 5.74) is 6.44. The number of aliphatic imine (C=N–C) groups is 1. The van der Waals surface area contributed by atoms with Gasteiger partial charge in [-0.15, -0.1) is 0 Å². The van der Waals surface area contributed by atoms with E-state index in [2.05, 4.69) is 14.8 Å². The standard InChI is InChI=1S/C27H26ClF2N5O3S/c1-16(2)25(26(31)36)32-27(34-39(37,38)20-11-8-18(28)9-12-20)22-15-24(17-6-4-3-5-7-17)35(33-22)23-13-10-19(29)14-21(23)30/h3-14,16,24-25H,15H2,1-2H3,(H2,31,36)(H,32,34)/t24-,25+/m1/s1. The number of amidine groups is 1. The number of nitrogens with zero attached hydrogens (tertiary/aromatic N) is 3. The topological polar surface area (TPSA) is 117 Å². The van der Waals surface area contributed by atoms with E-state index >= 15 is 0 Å². The first-order valence-electron chi connectivity index (χ1n) is 12.0. The fraction of sp³-hybridized carbons (Fsp3) is 0.222. The van der Waals surface area contributed by atoms with E-state index in [9.17, 15) is 22.0 Å². The molecule has 3 aromatic carbocycles. The van der Waals surface area contributed by atoms with E-state index in [1.807, 2.05) is 18.2 Å². The van der Waals surface area contributed by atoms with Crippen LogP contribution < -0.4 is 15.5 Å². The minimum Gasteiger partial charge on any atom is -0.368 e. The van der Waals surface area contributed by atoms with Gasteiger partial charge in [0.2, 0.25) is 5.91 Å². The highest BCUT2D eigenvalue weighted by atomic mass is 35.5. The number of hydrogen-bond acceptors (Lipinski definition) is 6. The van der Waals surface area contributed by atoms with Crippen LogP contribution in [0.1, 0.15) is 31.9 Å². The SMILES string of the molecule is CC(C)[C@H](N=C(NS(=O)(=O)c1ccc(Cl)cc1)C1=NN(c2ccc(F)cc2F)[C@@H](c2ccccc2)C1)C(N)=O. The molecule has 39 heavy (non-hydrogen) atoms. The Labute approximate surface area is 230 Å². The zero-order valence-electron chi connectivity index (χ0n) is 21.1. The van der Waals surface area contributed by atoms with Crippen molar-refractivity contribution in [2.75, 3.05) is 5.01 Å². The highest BCUT2D eigenvalue weighted by Gasteiger charge is 2.35. The number of rotatable bonds is 8. The molecule has 1 aliphatic rings. The van der Waals surface area contributed by atoms with Gasteiger partial charge in [0.25, 0.3) is 10.0 Å². The first kappa shape index (κ1) is 28.2. The Morgan fingerprint density at radius 3 is 2.36 bits per heavy atom. The van der Waals surface area contributed by atoms with Crippen LogP contribution in [0.5, 0.6) is 0 Å². The summed E-state index contributed by atoms with van der Waals surface area (Å²) in [6.45, 7) is 3.43. The zero-order chi connectivity index (χ0) is 28.3. The van der Waals surface area contributed by atoms with Crippen LogP contribution in [-0.4, -0.2) is 31.9 Å². The van der Waals surface area contributed by atoms with Gasteiger partial charge in [-0.25, -0.2) is 17.2 Å². The maximum atomic E-state index is 14.9. The summed E-state index contributed by atoms with van der Waals surface area (Å²) in [6.07, 6.45) is 0.0897. The first-order valence-corrected chi connectivity index (χ1v) is 13.8. The third-order valence-electron chi connectivity index (χ3n) is 6.07. The van der Waals surface area contributed by atoms with Gasteiger partial charge in [0, 0.05) is 17.5 Å². The number of sulfonamides is 1. The van der Waals surface area contributed by atoms with Crippen molar-refractivity contribution in [3.05, 3.63) is 95.0 Å². The molecule has 0 aromatic heterocycles. The number of benzene rings is 3. The summed E-state index contributed by atoms with van der Waals surface area (Å²) in [6, 6.07) is 15.9. The number of nitrogens with one attached hydrogen (secondary N) is 1. The molecule has 0 saturated heterocycles. The monoisotopic (exact) mass is 573 g/mol. The van der Waals surface area contributed by atoms with Gasteiger partial charge in [-0.05, 0) is 47.9 Å². The van der Waals surface area contributed by atoms with Crippen molar-refractivity contribution in [2.24, 2.45) is 21.7 Å². The average Bonchev–Trinajstić information content (AvgIpc) is 3.32. The van der Waals surface area contributed by atoms with E-state index in [4.69, 9.17) is 17.3 Å². The maximum Gasteiger partial charge on any atom is 0.263 e. The molecule has 4 rings (SSSR count). The lowest BCUT2D eigenvalue weighted by molar-refractivity contribution is -0.120. The molecule has 3 N–H and O–H groups in total. The van der Waals surface area contributed by atoms with Gasteiger partial charge in [-0.2, -0.15) is 5.10 Å². The van der Waals surface area contributed by atoms with Crippen molar-refractivity contribution in [3.63, 3.8) is 0 Å². The number of amides is 1. The van der Waals surface area contributed by atoms with E-state index < -0.39 is 39.6 Å². The van der Waals surface area contributed by atoms with Gasteiger partial charge < -0.3 is 5.73 Å². The van der Waals surface area contributed by atoms with Crippen LogP contribution in [0.15, 0.2) is 87.8 Å². The second-order valence-corrected chi connectivity index (χ2v) is 11.4. The highest BCUT2D eigenvalue weighted by molar-refractivity contribution is 7.90. The van der Waals surface area contributed by atoms with Crippen molar-refractivity contribution in [3.8, 4) is 0 Å². The van der Waals surface area contributed by atoms with Crippen LogP contribution in [-0.2, 0) is 14.8 Å². The molecular weight excluding hydrogens is 548 g/mol. The molecule has 8 nitrogen and oxygen atoms in total. The lowest BCUT2D eigenvalue weighted by Crippen LogP contribution is -2.40. The Morgan fingerprint density at radius 2 is 1.77 bits per heavy atom. The van der Waals surface area contributed by atoms with E-state index in [1.54, 1.807) is 26.0 Å². The number of anilines is 1. The van der Waals surface area contributed by atoms with E-state index in [-0.39, 0.29) is 34.5 Å². The van der Waals surface area contributed by atoms with Crippen LogP contribution >= 0.6 is 11.6 Å². The summed E-state index contributed by atoms with van der Waals surface area (Å²) < 4.78 is 57.6. The average molecular weight is 574 g/mol. The third kappa shape index (κ3) is 6.43. The normalized spacial score (nSPS) is 16.8. The Morgan fingerprint density at radius 1 is 1.10 bits per heavy atom. The number of hydrazone groups is 1. The van der Waals surface area contributed by atoms with Crippen molar-refractivity contribution in [1.82, 2.24) is 4.72 Å². The Hall–Kier alpha value is -3.83. The summed E-state index contributed by atoms with van der Waals surface area (Å²) in [4.78, 5) is 16.5. The summed E-state index contributed by atoms with van der Waals surface area (Å²) in [7, 11) is -4.20. The predicted octanol–water partition coefficient (Wildman–Crippen LogP) is 4.81. The summed E-state index contributed by atoms with van der Waals surface area (Å²) in [5, 5.41) is 6.22. The smallest absolute Gasteiger partial charge is 0.263 e. The summed E-state index contributed by atoms with van der Waals surface area (Å²) >= 11 is 5.91. The molecule has 0 fully saturated rings. The molecule has 1 amide bonds. The van der Waals surface area contributed by atoms with Crippen LogP contribution in [0.25, 0.3) is 0 Å². The van der Waals surface area contributed by atoms with Crippen molar-refractivity contribution in [2.45, 2.75) is 37.2 Å².